The van der Waals surface area contributed by atoms with Crippen LogP contribution in [0.1, 0.15) is 26.2 Å². The summed E-state index contributed by atoms with van der Waals surface area (Å²) in [6, 6.07) is 1.57. The predicted molar refractivity (Wildman–Crippen MR) is 77.4 cm³/mol. The SMILES string of the molecule is CC1CN2CCCC2CN1CCNCC1CCOC1. The van der Waals surface area contributed by atoms with Gasteiger partial charge < -0.3 is 10.1 Å². The minimum Gasteiger partial charge on any atom is -0.381 e. The Bertz CT molecular complexity index is 281. The van der Waals surface area contributed by atoms with Gasteiger partial charge in [-0.2, -0.15) is 0 Å². The van der Waals surface area contributed by atoms with Crippen molar-refractivity contribution < 1.29 is 4.74 Å². The van der Waals surface area contributed by atoms with E-state index in [4.69, 9.17) is 4.74 Å². The molecule has 0 bridgehead atoms. The summed E-state index contributed by atoms with van der Waals surface area (Å²) < 4.78 is 5.41. The molecule has 4 nitrogen and oxygen atoms in total. The highest BCUT2D eigenvalue weighted by Crippen LogP contribution is 2.24. The molecule has 3 atom stereocenters. The third-order valence-corrected chi connectivity index (χ3v) is 5.10. The summed E-state index contributed by atoms with van der Waals surface area (Å²) >= 11 is 0. The lowest BCUT2D eigenvalue weighted by molar-refractivity contribution is 0.0602. The summed E-state index contributed by atoms with van der Waals surface area (Å²) in [5.74, 6) is 0.754. The predicted octanol–water partition coefficient (Wildman–Crippen LogP) is 0.781. The molecule has 3 aliphatic rings. The van der Waals surface area contributed by atoms with Crippen molar-refractivity contribution in [2.45, 2.75) is 38.3 Å². The maximum absolute atomic E-state index is 5.41. The van der Waals surface area contributed by atoms with Crippen LogP contribution in [0.25, 0.3) is 0 Å². The van der Waals surface area contributed by atoms with E-state index in [0.29, 0.717) is 0 Å². The van der Waals surface area contributed by atoms with Crippen molar-refractivity contribution in [3.8, 4) is 0 Å². The van der Waals surface area contributed by atoms with Crippen LogP contribution >= 0.6 is 0 Å². The summed E-state index contributed by atoms with van der Waals surface area (Å²) in [5.41, 5.74) is 0. The molecule has 0 spiro atoms. The lowest BCUT2D eigenvalue weighted by Gasteiger charge is -2.42. The van der Waals surface area contributed by atoms with E-state index >= 15 is 0 Å². The Labute approximate surface area is 117 Å². The summed E-state index contributed by atoms with van der Waals surface area (Å²) in [4.78, 5) is 5.38. The molecule has 3 aliphatic heterocycles. The Morgan fingerprint density at radius 3 is 3.05 bits per heavy atom. The van der Waals surface area contributed by atoms with E-state index in [9.17, 15) is 0 Å². The van der Waals surface area contributed by atoms with Crippen LogP contribution in [0.3, 0.4) is 0 Å². The number of rotatable bonds is 5. The Morgan fingerprint density at radius 2 is 2.21 bits per heavy atom. The largest absolute Gasteiger partial charge is 0.381 e. The number of nitrogens with zero attached hydrogens (tertiary/aromatic N) is 2. The van der Waals surface area contributed by atoms with Crippen LogP contribution in [-0.4, -0.2) is 74.4 Å². The number of ether oxygens (including phenoxy) is 1. The van der Waals surface area contributed by atoms with E-state index in [0.717, 1.165) is 44.3 Å². The van der Waals surface area contributed by atoms with Crippen molar-refractivity contribution in [1.29, 1.82) is 0 Å². The molecule has 3 heterocycles. The molecule has 0 radical (unpaired) electrons. The second kappa shape index (κ2) is 6.53. The molecule has 4 heteroatoms. The molecule has 0 saturated carbocycles. The van der Waals surface area contributed by atoms with Gasteiger partial charge in [0.15, 0.2) is 0 Å². The highest BCUT2D eigenvalue weighted by Gasteiger charge is 2.33. The highest BCUT2D eigenvalue weighted by molar-refractivity contribution is 4.90. The molecule has 19 heavy (non-hydrogen) atoms. The lowest BCUT2D eigenvalue weighted by atomic mass is 10.1. The third-order valence-electron chi connectivity index (χ3n) is 5.10. The van der Waals surface area contributed by atoms with Crippen LogP contribution in [-0.2, 0) is 4.74 Å². The van der Waals surface area contributed by atoms with E-state index in [2.05, 4.69) is 22.0 Å². The van der Waals surface area contributed by atoms with Crippen LogP contribution in [0.5, 0.6) is 0 Å². The Kier molecular flexibility index (Phi) is 4.74. The first-order valence-corrected chi connectivity index (χ1v) is 8.09. The zero-order valence-electron chi connectivity index (χ0n) is 12.3. The van der Waals surface area contributed by atoms with Crippen molar-refractivity contribution in [2.24, 2.45) is 5.92 Å². The molecule has 0 aromatic carbocycles. The van der Waals surface area contributed by atoms with E-state index < -0.39 is 0 Å². The lowest BCUT2D eigenvalue weighted by Crippen LogP contribution is -2.56. The summed E-state index contributed by atoms with van der Waals surface area (Å²) in [6.07, 6.45) is 4.06. The second-order valence-electron chi connectivity index (χ2n) is 6.57. The van der Waals surface area contributed by atoms with Crippen LogP contribution in [0.15, 0.2) is 0 Å². The average Bonchev–Trinajstić information content (AvgIpc) is 3.05. The molecule has 0 aromatic rings. The van der Waals surface area contributed by atoms with Gasteiger partial charge in [-0.3, -0.25) is 9.80 Å². The first-order valence-electron chi connectivity index (χ1n) is 8.09. The van der Waals surface area contributed by atoms with Crippen molar-refractivity contribution in [1.82, 2.24) is 15.1 Å². The van der Waals surface area contributed by atoms with Gasteiger partial charge in [-0.15, -0.1) is 0 Å². The first-order chi connectivity index (χ1) is 9.33. The van der Waals surface area contributed by atoms with E-state index in [-0.39, 0.29) is 0 Å². The van der Waals surface area contributed by atoms with Gasteiger partial charge in [-0.05, 0) is 38.6 Å². The van der Waals surface area contributed by atoms with Crippen LogP contribution < -0.4 is 5.32 Å². The Morgan fingerprint density at radius 1 is 1.26 bits per heavy atom. The smallest absolute Gasteiger partial charge is 0.0507 e. The molecule has 110 valence electrons. The maximum Gasteiger partial charge on any atom is 0.0507 e. The number of piperazine rings is 1. The minimum atomic E-state index is 0.728. The fraction of sp³-hybridized carbons (Fsp3) is 1.00. The molecular weight excluding hydrogens is 238 g/mol. The van der Waals surface area contributed by atoms with Gasteiger partial charge in [0.25, 0.3) is 0 Å². The first kappa shape index (κ1) is 13.8. The van der Waals surface area contributed by atoms with Gasteiger partial charge in [0.2, 0.25) is 0 Å². The molecule has 0 aromatic heterocycles. The van der Waals surface area contributed by atoms with Gasteiger partial charge in [0, 0.05) is 51.4 Å². The molecule has 3 saturated heterocycles. The fourth-order valence-corrected chi connectivity index (χ4v) is 3.83. The summed E-state index contributed by atoms with van der Waals surface area (Å²) in [7, 11) is 0. The Hall–Kier alpha value is -0.160. The zero-order chi connectivity index (χ0) is 13.1. The number of nitrogens with one attached hydrogen (secondary N) is 1. The van der Waals surface area contributed by atoms with E-state index in [1.165, 1.54) is 45.4 Å². The summed E-state index contributed by atoms with van der Waals surface area (Å²) in [6.45, 7) is 11.7. The topological polar surface area (TPSA) is 27.7 Å². The van der Waals surface area contributed by atoms with Crippen LogP contribution in [0.2, 0.25) is 0 Å². The second-order valence-corrected chi connectivity index (χ2v) is 6.57. The van der Waals surface area contributed by atoms with E-state index in [1.807, 2.05) is 0 Å². The van der Waals surface area contributed by atoms with Gasteiger partial charge in [0.05, 0.1) is 6.61 Å². The van der Waals surface area contributed by atoms with Gasteiger partial charge >= 0.3 is 0 Å². The maximum atomic E-state index is 5.41. The molecular formula is C15H29N3O. The quantitative estimate of drug-likeness (QED) is 0.745. The third kappa shape index (κ3) is 3.48. The average molecular weight is 267 g/mol. The molecule has 3 rings (SSSR count). The van der Waals surface area contributed by atoms with E-state index in [1.54, 1.807) is 0 Å². The molecule has 0 aliphatic carbocycles. The number of hydrogen-bond donors (Lipinski definition) is 1. The summed E-state index contributed by atoms with van der Waals surface area (Å²) in [5, 5.41) is 3.62. The monoisotopic (exact) mass is 267 g/mol. The number of fused-ring (bicyclic) bond motifs is 1. The van der Waals surface area contributed by atoms with Crippen molar-refractivity contribution in [3.63, 3.8) is 0 Å². The molecule has 3 fully saturated rings. The van der Waals surface area contributed by atoms with Gasteiger partial charge in [0.1, 0.15) is 0 Å². The van der Waals surface area contributed by atoms with Crippen molar-refractivity contribution >= 4 is 0 Å². The standard InChI is InChI=1S/C15H29N3O/c1-13-10-18-6-2-3-15(18)11-17(13)7-5-16-9-14-4-8-19-12-14/h13-16H,2-12H2,1H3. The zero-order valence-corrected chi connectivity index (χ0v) is 12.3. The van der Waals surface area contributed by atoms with Crippen molar-refractivity contribution in [2.75, 3.05) is 52.5 Å². The normalized spacial score (nSPS) is 36.8. The molecule has 0 amide bonds. The minimum absolute atomic E-state index is 0.728. The van der Waals surface area contributed by atoms with Crippen LogP contribution in [0, 0.1) is 5.92 Å². The number of hydrogen-bond acceptors (Lipinski definition) is 4. The van der Waals surface area contributed by atoms with Crippen molar-refractivity contribution in [3.05, 3.63) is 0 Å². The van der Waals surface area contributed by atoms with Gasteiger partial charge in [-0.1, -0.05) is 0 Å². The fourth-order valence-electron chi connectivity index (χ4n) is 3.83. The highest BCUT2D eigenvalue weighted by atomic mass is 16.5. The molecule has 1 N–H and O–H groups in total. The molecule has 3 unspecified atom stereocenters. The van der Waals surface area contributed by atoms with Crippen LogP contribution in [0.4, 0.5) is 0 Å². The Balaban J connectivity index is 1.35. The van der Waals surface area contributed by atoms with Gasteiger partial charge in [-0.25, -0.2) is 0 Å².